The zero-order chi connectivity index (χ0) is 17.4. The first-order valence-corrected chi connectivity index (χ1v) is 8.99. The number of halogens is 1. The van der Waals surface area contributed by atoms with Crippen LogP contribution in [0.4, 0.5) is 5.69 Å². The monoisotopic (exact) mass is 368 g/mol. The van der Waals surface area contributed by atoms with Crippen LogP contribution >= 0.6 is 22.9 Å². The number of benzene rings is 1. The SMILES string of the molecule is O=C(CN1C(=O)Cc2ncc(-c3ccc(Cl)cc3)cc21)c1cccs1. The van der Waals surface area contributed by atoms with E-state index >= 15 is 0 Å². The Morgan fingerprint density at radius 1 is 1.20 bits per heavy atom. The zero-order valence-electron chi connectivity index (χ0n) is 13.1. The van der Waals surface area contributed by atoms with E-state index in [0.29, 0.717) is 21.3 Å². The number of pyridine rings is 1. The molecule has 6 heteroatoms. The Kier molecular flexibility index (Phi) is 4.11. The molecule has 0 unspecified atom stereocenters. The van der Waals surface area contributed by atoms with Crippen LogP contribution in [0.5, 0.6) is 0 Å². The Labute approximate surface area is 153 Å². The molecule has 1 amide bonds. The lowest BCUT2D eigenvalue weighted by Gasteiger charge is -2.16. The molecule has 0 radical (unpaired) electrons. The summed E-state index contributed by atoms with van der Waals surface area (Å²) in [5.74, 6) is -0.159. The highest BCUT2D eigenvalue weighted by atomic mass is 35.5. The molecule has 0 aliphatic carbocycles. The Balaban J connectivity index is 1.66. The first-order chi connectivity index (χ1) is 12.1. The number of hydrogen-bond donors (Lipinski definition) is 0. The number of rotatable bonds is 4. The highest BCUT2D eigenvalue weighted by molar-refractivity contribution is 7.12. The van der Waals surface area contributed by atoms with Gasteiger partial charge >= 0.3 is 0 Å². The van der Waals surface area contributed by atoms with E-state index in [1.807, 2.05) is 41.8 Å². The van der Waals surface area contributed by atoms with Crippen molar-refractivity contribution in [3.63, 3.8) is 0 Å². The molecule has 0 saturated carbocycles. The van der Waals surface area contributed by atoms with Crippen LogP contribution < -0.4 is 4.90 Å². The minimum atomic E-state index is -0.0966. The van der Waals surface area contributed by atoms with E-state index in [2.05, 4.69) is 4.98 Å². The number of carbonyl (C=O) groups is 2. The van der Waals surface area contributed by atoms with Crippen molar-refractivity contribution in [3.8, 4) is 11.1 Å². The molecule has 0 bridgehead atoms. The lowest BCUT2D eigenvalue weighted by molar-refractivity contribution is -0.117. The van der Waals surface area contributed by atoms with E-state index in [-0.39, 0.29) is 24.7 Å². The predicted molar refractivity (Wildman–Crippen MR) is 99.4 cm³/mol. The molecular weight excluding hydrogens is 356 g/mol. The number of thiophene rings is 1. The number of nitrogens with zero attached hydrogens (tertiary/aromatic N) is 2. The quantitative estimate of drug-likeness (QED) is 0.647. The number of anilines is 1. The molecule has 1 aromatic carbocycles. The number of amides is 1. The first kappa shape index (κ1) is 16.0. The van der Waals surface area contributed by atoms with Crippen LogP contribution in [0.15, 0.2) is 54.0 Å². The molecular formula is C19H13ClN2O2S. The average molecular weight is 369 g/mol. The number of aromatic nitrogens is 1. The molecule has 0 spiro atoms. The maximum atomic E-state index is 12.4. The van der Waals surface area contributed by atoms with Gasteiger partial charge in [0.25, 0.3) is 0 Å². The topological polar surface area (TPSA) is 50.3 Å². The molecule has 2 aromatic heterocycles. The summed E-state index contributed by atoms with van der Waals surface area (Å²) in [4.78, 5) is 31.4. The van der Waals surface area contributed by atoms with Gasteiger partial charge in [-0.25, -0.2) is 0 Å². The molecule has 0 saturated heterocycles. The van der Waals surface area contributed by atoms with Gasteiger partial charge in [0.2, 0.25) is 5.91 Å². The summed E-state index contributed by atoms with van der Waals surface area (Å²) in [5.41, 5.74) is 3.27. The standard InChI is InChI=1S/C19H13ClN2O2S/c20-14-5-3-12(4-6-14)13-8-16-15(21-10-13)9-19(24)22(16)11-17(23)18-2-1-7-25-18/h1-8,10H,9,11H2. The molecule has 4 rings (SSSR count). The molecule has 124 valence electrons. The third kappa shape index (κ3) is 3.08. The fourth-order valence-electron chi connectivity index (χ4n) is 2.86. The van der Waals surface area contributed by atoms with E-state index in [4.69, 9.17) is 11.6 Å². The minimum Gasteiger partial charge on any atom is -0.302 e. The van der Waals surface area contributed by atoms with Gasteiger partial charge in [0.05, 0.1) is 29.2 Å². The third-order valence-electron chi connectivity index (χ3n) is 4.13. The fraction of sp³-hybridized carbons (Fsp3) is 0.105. The van der Waals surface area contributed by atoms with Crippen molar-refractivity contribution in [2.45, 2.75) is 6.42 Å². The van der Waals surface area contributed by atoms with Crippen LogP contribution in [-0.4, -0.2) is 23.2 Å². The molecule has 25 heavy (non-hydrogen) atoms. The summed E-state index contributed by atoms with van der Waals surface area (Å²) in [6.45, 7) is 0.0398. The predicted octanol–water partition coefficient (Wildman–Crippen LogP) is 4.24. The second-order valence-corrected chi connectivity index (χ2v) is 7.14. The fourth-order valence-corrected chi connectivity index (χ4v) is 3.64. The van der Waals surface area contributed by atoms with Gasteiger partial charge in [-0.1, -0.05) is 29.8 Å². The lowest BCUT2D eigenvalue weighted by Crippen LogP contribution is -2.32. The van der Waals surface area contributed by atoms with Crippen LogP contribution in [0.1, 0.15) is 15.4 Å². The summed E-state index contributed by atoms with van der Waals surface area (Å²) in [7, 11) is 0. The number of carbonyl (C=O) groups excluding carboxylic acids is 2. The largest absolute Gasteiger partial charge is 0.302 e. The Bertz CT molecular complexity index is 952. The second-order valence-electron chi connectivity index (χ2n) is 5.75. The maximum Gasteiger partial charge on any atom is 0.233 e. The second kappa shape index (κ2) is 6.43. The van der Waals surface area contributed by atoms with E-state index in [1.54, 1.807) is 12.3 Å². The van der Waals surface area contributed by atoms with Gasteiger partial charge in [0, 0.05) is 16.8 Å². The van der Waals surface area contributed by atoms with Gasteiger partial charge in [-0.2, -0.15) is 0 Å². The van der Waals surface area contributed by atoms with Crippen LogP contribution in [0, 0.1) is 0 Å². The van der Waals surface area contributed by atoms with E-state index in [9.17, 15) is 9.59 Å². The third-order valence-corrected chi connectivity index (χ3v) is 5.30. The van der Waals surface area contributed by atoms with Crippen molar-refractivity contribution in [1.82, 2.24) is 4.98 Å². The average Bonchev–Trinajstić information content (AvgIpc) is 3.24. The molecule has 4 nitrogen and oxygen atoms in total. The van der Waals surface area contributed by atoms with Gasteiger partial charge in [0.15, 0.2) is 5.78 Å². The summed E-state index contributed by atoms with van der Waals surface area (Å²) < 4.78 is 0. The molecule has 0 atom stereocenters. The van der Waals surface area contributed by atoms with Gasteiger partial charge < -0.3 is 4.90 Å². The molecule has 3 aromatic rings. The van der Waals surface area contributed by atoms with Crippen LogP contribution in [-0.2, 0) is 11.2 Å². The lowest BCUT2D eigenvalue weighted by atomic mass is 10.1. The molecule has 0 N–H and O–H groups in total. The van der Waals surface area contributed by atoms with E-state index in [0.717, 1.165) is 11.1 Å². The normalized spacial score (nSPS) is 13.2. The summed E-state index contributed by atoms with van der Waals surface area (Å²) in [6, 6.07) is 13.0. The van der Waals surface area contributed by atoms with E-state index < -0.39 is 0 Å². The van der Waals surface area contributed by atoms with Gasteiger partial charge in [-0.3, -0.25) is 14.6 Å². The van der Waals surface area contributed by atoms with Gasteiger partial charge in [0.1, 0.15) is 0 Å². The van der Waals surface area contributed by atoms with Crippen LogP contribution in [0.25, 0.3) is 11.1 Å². The molecule has 3 heterocycles. The van der Waals surface area contributed by atoms with Crippen molar-refractivity contribution in [1.29, 1.82) is 0 Å². The maximum absolute atomic E-state index is 12.4. The zero-order valence-corrected chi connectivity index (χ0v) is 14.7. The van der Waals surface area contributed by atoms with Crippen molar-refractivity contribution in [3.05, 3.63) is 69.6 Å². The van der Waals surface area contributed by atoms with Crippen LogP contribution in [0.2, 0.25) is 5.02 Å². The van der Waals surface area contributed by atoms with Crippen molar-refractivity contribution >= 4 is 40.3 Å². The minimum absolute atomic E-state index is 0.0398. The summed E-state index contributed by atoms with van der Waals surface area (Å²) in [5, 5.41) is 2.52. The van der Waals surface area contributed by atoms with Crippen LogP contribution in [0.3, 0.4) is 0 Å². The number of fused-ring (bicyclic) bond motifs is 1. The summed E-state index contributed by atoms with van der Waals surface area (Å²) in [6.07, 6.45) is 1.98. The molecule has 0 fully saturated rings. The molecule has 1 aliphatic heterocycles. The number of Topliss-reactive ketones (excluding diaryl/α,β-unsaturated/α-hetero) is 1. The van der Waals surface area contributed by atoms with Crippen molar-refractivity contribution in [2.24, 2.45) is 0 Å². The first-order valence-electron chi connectivity index (χ1n) is 7.74. The number of hydrogen-bond acceptors (Lipinski definition) is 4. The van der Waals surface area contributed by atoms with E-state index in [1.165, 1.54) is 16.2 Å². The molecule has 1 aliphatic rings. The summed E-state index contributed by atoms with van der Waals surface area (Å²) >= 11 is 7.32. The smallest absolute Gasteiger partial charge is 0.233 e. The number of ketones is 1. The van der Waals surface area contributed by atoms with Crippen molar-refractivity contribution in [2.75, 3.05) is 11.4 Å². The van der Waals surface area contributed by atoms with Gasteiger partial charge in [-0.15, -0.1) is 11.3 Å². The van der Waals surface area contributed by atoms with Crippen molar-refractivity contribution < 1.29 is 9.59 Å². The highest BCUT2D eigenvalue weighted by Crippen LogP contribution is 2.32. The Hall–Kier alpha value is -2.50. The highest BCUT2D eigenvalue weighted by Gasteiger charge is 2.30. The Morgan fingerprint density at radius 2 is 2.00 bits per heavy atom. The van der Waals surface area contributed by atoms with Gasteiger partial charge in [-0.05, 0) is 35.2 Å². The Morgan fingerprint density at radius 3 is 2.72 bits per heavy atom.